The quantitative estimate of drug-likeness (QED) is 0.226. The highest BCUT2D eigenvalue weighted by Gasteiger charge is 2.10. The van der Waals surface area contributed by atoms with E-state index in [1.165, 1.54) is 12.4 Å². The lowest BCUT2D eigenvalue weighted by Crippen LogP contribution is -2.30. The fourth-order valence-electron chi connectivity index (χ4n) is 2.90. The number of carbonyl (C=O) groups is 1. The van der Waals surface area contributed by atoms with E-state index in [4.69, 9.17) is 16.6 Å². The van der Waals surface area contributed by atoms with Crippen LogP contribution < -0.4 is 21.7 Å². The van der Waals surface area contributed by atoms with Crippen molar-refractivity contribution in [3.63, 3.8) is 0 Å². The Balaban J connectivity index is 1.75. The van der Waals surface area contributed by atoms with Gasteiger partial charge >= 0.3 is 0 Å². The molecule has 2 aromatic carbocycles. The summed E-state index contributed by atoms with van der Waals surface area (Å²) in [5.74, 6) is -0.140. The number of nitrogens with two attached hydrogens (primary N) is 1. The SMILES string of the molecule is CC(C)NC(=O)c1cc2ccc(N/C=C(\C=N)Nc3ccc(N)c(C=N)c3)cc2[nH]1. The van der Waals surface area contributed by atoms with Crippen molar-refractivity contribution >= 4 is 46.3 Å². The standard InChI is InChI=1S/C22H25N7O/c1-13(2)27-22(30)21-8-14-3-4-16(9-20(14)29-21)26-12-18(11-24)28-17-5-6-19(25)15(7-17)10-23/h3-13,23-24,26,28-29H,25H2,1-2H3,(H,27,30)/b18-12+,23-10?,24-11?. The number of anilines is 3. The lowest BCUT2D eigenvalue weighted by molar-refractivity contribution is 0.0939. The number of allylic oxidation sites excluding steroid dienone is 1. The van der Waals surface area contributed by atoms with Crippen LogP contribution in [0.4, 0.5) is 17.1 Å². The van der Waals surface area contributed by atoms with Crippen molar-refractivity contribution in [2.75, 3.05) is 16.4 Å². The molecule has 8 heteroatoms. The summed E-state index contributed by atoms with van der Waals surface area (Å²) in [6.45, 7) is 3.83. The fourth-order valence-corrected chi connectivity index (χ4v) is 2.90. The molecule has 3 rings (SSSR count). The molecule has 0 spiro atoms. The van der Waals surface area contributed by atoms with Crippen molar-refractivity contribution < 1.29 is 4.79 Å². The third-order valence-electron chi connectivity index (χ3n) is 4.37. The maximum Gasteiger partial charge on any atom is 0.267 e. The molecule has 0 saturated carbocycles. The third-order valence-corrected chi connectivity index (χ3v) is 4.37. The maximum atomic E-state index is 12.2. The van der Waals surface area contributed by atoms with Gasteiger partial charge in [0.1, 0.15) is 5.69 Å². The van der Waals surface area contributed by atoms with Gasteiger partial charge in [-0.1, -0.05) is 6.07 Å². The lowest BCUT2D eigenvalue weighted by atomic mass is 10.1. The van der Waals surface area contributed by atoms with Crippen molar-refractivity contribution in [2.24, 2.45) is 0 Å². The van der Waals surface area contributed by atoms with E-state index >= 15 is 0 Å². The van der Waals surface area contributed by atoms with Gasteiger partial charge in [-0.15, -0.1) is 0 Å². The van der Waals surface area contributed by atoms with Crippen LogP contribution in [0, 0.1) is 10.8 Å². The summed E-state index contributed by atoms with van der Waals surface area (Å²) in [5, 5.41) is 25.1. The van der Waals surface area contributed by atoms with E-state index < -0.39 is 0 Å². The molecule has 3 aromatic rings. The van der Waals surface area contributed by atoms with Gasteiger partial charge in [-0.2, -0.15) is 0 Å². The molecule has 154 valence electrons. The number of aromatic nitrogens is 1. The second kappa shape index (κ2) is 8.95. The van der Waals surface area contributed by atoms with Crippen LogP contribution in [-0.2, 0) is 0 Å². The minimum absolute atomic E-state index is 0.0643. The summed E-state index contributed by atoms with van der Waals surface area (Å²) in [7, 11) is 0. The van der Waals surface area contributed by atoms with Crippen molar-refractivity contribution in [2.45, 2.75) is 19.9 Å². The Morgan fingerprint density at radius 3 is 2.57 bits per heavy atom. The highest BCUT2D eigenvalue weighted by Crippen LogP contribution is 2.21. The topological polar surface area (TPSA) is 143 Å². The number of nitrogens with one attached hydrogen (secondary N) is 6. The fraction of sp³-hybridized carbons (Fsp3) is 0.136. The first-order chi connectivity index (χ1) is 14.4. The third kappa shape index (κ3) is 4.85. The highest BCUT2D eigenvalue weighted by atomic mass is 16.1. The Hall–Kier alpha value is -4.07. The van der Waals surface area contributed by atoms with Crippen LogP contribution >= 0.6 is 0 Å². The number of aromatic amines is 1. The summed E-state index contributed by atoms with van der Waals surface area (Å²) in [6, 6.07) is 12.8. The van der Waals surface area contributed by atoms with E-state index in [2.05, 4.69) is 20.9 Å². The van der Waals surface area contributed by atoms with Gasteiger partial charge in [-0.3, -0.25) is 4.79 Å². The number of rotatable bonds is 8. The molecule has 0 aliphatic heterocycles. The summed E-state index contributed by atoms with van der Waals surface area (Å²) in [4.78, 5) is 15.3. The second-order valence-corrected chi connectivity index (χ2v) is 7.11. The number of H-pyrrole nitrogens is 1. The number of amides is 1. The molecule has 0 fully saturated rings. The minimum atomic E-state index is -0.140. The Morgan fingerprint density at radius 2 is 1.87 bits per heavy atom. The van der Waals surface area contributed by atoms with Gasteiger partial charge < -0.3 is 37.5 Å². The van der Waals surface area contributed by atoms with Gasteiger partial charge in [0.05, 0.1) is 5.70 Å². The molecular formula is C22H25N7O. The molecule has 1 heterocycles. The van der Waals surface area contributed by atoms with Gasteiger partial charge in [-0.05, 0) is 50.2 Å². The van der Waals surface area contributed by atoms with Crippen LogP contribution in [0.25, 0.3) is 10.9 Å². The van der Waals surface area contributed by atoms with Crippen molar-refractivity contribution in [1.82, 2.24) is 10.3 Å². The van der Waals surface area contributed by atoms with E-state index in [-0.39, 0.29) is 11.9 Å². The molecule has 0 aliphatic carbocycles. The van der Waals surface area contributed by atoms with E-state index in [0.717, 1.165) is 22.3 Å². The number of nitrogen functional groups attached to an aromatic ring is 1. The zero-order chi connectivity index (χ0) is 21.7. The Kier molecular flexibility index (Phi) is 6.17. The maximum absolute atomic E-state index is 12.2. The molecule has 8 nitrogen and oxygen atoms in total. The van der Waals surface area contributed by atoms with Crippen LogP contribution in [0.5, 0.6) is 0 Å². The first kappa shape index (κ1) is 20.7. The number of carbonyl (C=O) groups excluding carboxylic acids is 1. The number of hydrogen-bond acceptors (Lipinski definition) is 6. The second-order valence-electron chi connectivity index (χ2n) is 7.11. The van der Waals surface area contributed by atoms with E-state index in [9.17, 15) is 4.79 Å². The average Bonchev–Trinajstić information content (AvgIpc) is 3.15. The summed E-state index contributed by atoms with van der Waals surface area (Å²) >= 11 is 0. The number of benzene rings is 2. The molecule has 0 unspecified atom stereocenters. The van der Waals surface area contributed by atoms with Gasteiger partial charge in [0.2, 0.25) is 0 Å². The Bertz CT molecular complexity index is 1130. The molecule has 0 bridgehead atoms. The van der Waals surface area contributed by atoms with Crippen molar-refractivity contribution in [1.29, 1.82) is 10.8 Å². The summed E-state index contributed by atoms with van der Waals surface area (Å²) in [6.07, 6.45) is 4.05. The van der Waals surface area contributed by atoms with Crippen molar-refractivity contribution in [3.05, 3.63) is 65.6 Å². The molecule has 1 amide bonds. The monoisotopic (exact) mass is 403 g/mol. The van der Waals surface area contributed by atoms with Gasteiger partial charge in [-0.25, -0.2) is 0 Å². The van der Waals surface area contributed by atoms with Gasteiger partial charge in [0.25, 0.3) is 5.91 Å². The van der Waals surface area contributed by atoms with Crippen LogP contribution in [0.2, 0.25) is 0 Å². The number of hydrogen-bond donors (Lipinski definition) is 7. The normalized spacial score (nSPS) is 11.4. The van der Waals surface area contributed by atoms with Crippen molar-refractivity contribution in [3.8, 4) is 0 Å². The molecule has 0 saturated heterocycles. The molecule has 0 atom stereocenters. The van der Waals surface area contributed by atoms with Gasteiger partial charge in [0.15, 0.2) is 0 Å². The smallest absolute Gasteiger partial charge is 0.267 e. The largest absolute Gasteiger partial charge is 0.398 e. The van der Waals surface area contributed by atoms with Crippen LogP contribution in [0.1, 0.15) is 29.9 Å². The molecule has 30 heavy (non-hydrogen) atoms. The predicted molar refractivity (Wildman–Crippen MR) is 124 cm³/mol. The first-order valence-corrected chi connectivity index (χ1v) is 9.47. The molecule has 1 aromatic heterocycles. The molecule has 0 aliphatic rings. The molecule has 8 N–H and O–H groups in total. The van der Waals surface area contributed by atoms with E-state index in [1.54, 1.807) is 24.4 Å². The summed E-state index contributed by atoms with van der Waals surface area (Å²) < 4.78 is 0. The zero-order valence-corrected chi connectivity index (χ0v) is 16.8. The van der Waals surface area contributed by atoms with Crippen LogP contribution in [0.3, 0.4) is 0 Å². The van der Waals surface area contributed by atoms with Crippen LogP contribution in [-0.4, -0.2) is 29.4 Å². The van der Waals surface area contributed by atoms with Crippen LogP contribution in [0.15, 0.2) is 54.4 Å². The zero-order valence-electron chi connectivity index (χ0n) is 16.8. The number of fused-ring (bicyclic) bond motifs is 1. The lowest BCUT2D eigenvalue weighted by Gasteiger charge is -2.10. The van der Waals surface area contributed by atoms with E-state index in [1.807, 2.05) is 38.1 Å². The Morgan fingerprint density at radius 1 is 1.10 bits per heavy atom. The highest BCUT2D eigenvalue weighted by molar-refractivity contribution is 5.98. The molecule has 0 radical (unpaired) electrons. The Labute approximate surface area is 174 Å². The average molecular weight is 403 g/mol. The van der Waals surface area contributed by atoms with E-state index in [0.29, 0.717) is 22.6 Å². The minimum Gasteiger partial charge on any atom is -0.398 e. The van der Waals surface area contributed by atoms with Gasteiger partial charge in [0, 0.05) is 58.2 Å². The summed E-state index contributed by atoms with van der Waals surface area (Å²) in [5.41, 5.74) is 10.3. The molecular weight excluding hydrogens is 378 g/mol. The predicted octanol–water partition coefficient (Wildman–Crippen LogP) is 3.90. The first-order valence-electron chi connectivity index (χ1n) is 9.47.